The van der Waals surface area contributed by atoms with Gasteiger partial charge in [-0.15, -0.1) is 0 Å². The molecule has 1 aliphatic rings. The minimum atomic E-state index is -1.18. The first-order valence-corrected chi connectivity index (χ1v) is 11.6. The van der Waals surface area contributed by atoms with Crippen LogP contribution in [0.15, 0.2) is 42.7 Å². The summed E-state index contributed by atoms with van der Waals surface area (Å²) in [7, 11) is 0. The molecule has 1 amide bonds. The van der Waals surface area contributed by atoms with Gasteiger partial charge in [-0.3, -0.25) is 9.78 Å². The summed E-state index contributed by atoms with van der Waals surface area (Å²) in [5, 5.41) is 13.5. The van der Waals surface area contributed by atoms with Gasteiger partial charge in [-0.25, -0.2) is 18.2 Å². The summed E-state index contributed by atoms with van der Waals surface area (Å²) >= 11 is 0. The number of aryl methyl sites for hydroxylation is 1. The van der Waals surface area contributed by atoms with Crippen LogP contribution in [0.4, 0.5) is 18.9 Å². The van der Waals surface area contributed by atoms with Crippen molar-refractivity contribution in [2.24, 2.45) is 5.73 Å². The average molecular weight is 501 g/mol. The Balaban J connectivity index is 1.63. The first kappa shape index (κ1) is 25.7. The van der Waals surface area contributed by atoms with E-state index in [0.29, 0.717) is 29.7 Å². The minimum absolute atomic E-state index is 0.254. The minimum Gasteiger partial charge on any atom is -0.386 e. The van der Waals surface area contributed by atoms with Gasteiger partial charge >= 0.3 is 0 Å². The van der Waals surface area contributed by atoms with Gasteiger partial charge in [0.05, 0.1) is 29.7 Å². The second kappa shape index (κ2) is 9.96. The Kier molecular flexibility index (Phi) is 7.12. The Morgan fingerprint density at radius 2 is 1.92 bits per heavy atom. The molecule has 190 valence electrons. The number of aliphatic hydroxyl groups is 1. The number of nitrogens with zero attached hydrogens (tertiary/aromatic N) is 2. The molecule has 0 spiro atoms. The summed E-state index contributed by atoms with van der Waals surface area (Å²) in [6.07, 6.45) is 2.57. The van der Waals surface area contributed by atoms with E-state index in [1.807, 2.05) is 6.92 Å². The largest absolute Gasteiger partial charge is 0.386 e. The number of aromatic nitrogens is 2. The zero-order valence-electron chi connectivity index (χ0n) is 20.1. The molecule has 0 bridgehead atoms. The van der Waals surface area contributed by atoms with E-state index in [1.165, 1.54) is 19.3 Å². The number of nitrogens with two attached hydrogens (primary N) is 1. The number of ether oxygens (including phenoxy) is 1. The molecule has 4 rings (SSSR count). The molecule has 36 heavy (non-hydrogen) atoms. The van der Waals surface area contributed by atoms with Crippen LogP contribution >= 0.6 is 0 Å². The van der Waals surface area contributed by atoms with Gasteiger partial charge in [0.25, 0.3) is 5.91 Å². The van der Waals surface area contributed by atoms with Gasteiger partial charge in [0.15, 0.2) is 0 Å². The van der Waals surface area contributed by atoms with Crippen LogP contribution < -0.4 is 11.1 Å². The summed E-state index contributed by atoms with van der Waals surface area (Å²) in [4.78, 5) is 21.0. The summed E-state index contributed by atoms with van der Waals surface area (Å²) < 4.78 is 49.5. The van der Waals surface area contributed by atoms with Gasteiger partial charge in [0, 0.05) is 17.8 Å². The third-order valence-electron chi connectivity index (χ3n) is 6.70. The van der Waals surface area contributed by atoms with E-state index in [2.05, 4.69) is 15.3 Å². The van der Waals surface area contributed by atoms with Crippen molar-refractivity contribution < 1.29 is 27.8 Å². The second-order valence-corrected chi connectivity index (χ2v) is 9.00. The zero-order chi connectivity index (χ0) is 26.2. The number of halogens is 3. The average Bonchev–Trinajstić information content (AvgIpc) is 2.83. The molecule has 4 N–H and O–H groups in total. The molecule has 2 aromatic heterocycles. The number of anilines is 1. The highest BCUT2D eigenvalue weighted by molar-refractivity contribution is 6.03. The van der Waals surface area contributed by atoms with Gasteiger partial charge in [-0.2, -0.15) is 0 Å². The van der Waals surface area contributed by atoms with Crippen molar-refractivity contribution in [3.63, 3.8) is 0 Å². The van der Waals surface area contributed by atoms with Gasteiger partial charge in [0.2, 0.25) is 0 Å². The lowest BCUT2D eigenvalue weighted by Gasteiger charge is -2.45. The highest BCUT2D eigenvalue weighted by Gasteiger charge is 2.46. The van der Waals surface area contributed by atoms with Crippen LogP contribution in [0.25, 0.3) is 11.3 Å². The van der Waals surface area contributed by atoms with Crippen LogP contribution in [0.2, 0.25) is 0 Å². The third kappa shape index (κ3) is 4.71. The molecule has 1 aliphatic heterocycles. The number of carbonyl (C=O) groups is 1. The SMILES string of the molecule is CC[C@]1(O)[C@H](N)C[C@H](c2ccncc2NC(=O)c2ccc(F)c(-c3c(F)cc(C)cc3F)n2)O[C@@H]1C. The highest BCUT2D eigenvalue weighted by Crippen LogP contribution is 2.40. The fourth-order valence-electron chi connectivity index (χ4n) is 4.55. The van der Waals surface area contributed by atoms with Crippen molar-refractivity contribution in [3.8, 4) is 11.3 Å². The zero-order valence-corrected chi connectivity index (χ0v) is 20.1. The lowest BCUT2D eigenvalue weighted by atomic mass is 9.80. The summed E-state index contributed by atoms with van der Waals surface area (Å²) in [6, 6.07) is 5.26. The van der Waals surface area contributed by atoms with Crippen LogP contribution in [0.5, 0.6) is 0 Å². The van der Waals surface area contributed by atoms with E-state index < -0.39 is 58.5 Å². The number of hydrogen-bond acceptors (Lipinski definition) is 6. The van der Waals surface area contributed by atoms with E-state index >= 15 is 0 Å². The molecule has 7 nitrogen and oxygen atoms in total. The van der Waals surface area contributed by atoms with Crippen LogP contribution in [-0.4, -0.2) is 38.7 Å². The summed E-state index contributed by atoms with van der Waals surface area (Å²) in [6.45, 7) is 5.07. The highest BCUT2D eigenvalue weighted by atomic mass is 19.1. The lowest BCUT2D eigenvalue weighted by molar-refractivity contribution is -0.181. The molecule has 10 heteroatoms. The Bertz CT molecular complexity index is 1270. The third-order valence-corrected chi connectivity index (χ3v) is 6.70. The fourth-order valence-corrected chi connectivity index (χ4v) is 4.55. The molecule has 0 aliphatic carbocycles. The van der Waals surface area contributed by atoms with E-state index in [1.54, 1.807) is 13.0 Å². The number of rotatable bonds is 5. The van der Waals surface area contributed by atoms with Crippen molar-refractivity contribution in [1.29, 1.82) is 0 Å². The van der Waals surface area contributed by atoms with Crippen LogP contribution in [-0.2, 0) is 4.74 Å². The summed E-state index contributed by atoms with van der Waals surface area (Å²) in [5.41, 5.74) is 4.77. The molecule has 3 heterocycles. The maximum atomic E-state index is 14.5. The standard InChI is InChI=1S/C26H27F3N4O3/c1-4-26(35)14(3)36-21(11-22(26)30)15-7-8-31-12-20(15)33-25(34)19-6-5-16(27)24(32-19)23-17(28)9-13(2)10-18(23)29/h5-10,12,14,21-22,35H,4,11,30H2,1-3H3,(H,33,34)/t14-,21-,22-,26-/m1/s1. The van der Waals surface area contributed by atoms with Crippen molar-refractivity contribution >= 4 is 11.6 Å². The Morgan fingerprint density at radius 1 is 1.22 bits per heavy atom. The maximum Gasteiger partial charge on any atom is 0.274 e. The number of amides is 1. The molecular formula is C26H27F3N4O3. The normalized spacial score (nSPS) is 23.9. The van der Waals surface area contributed by atoms with Gasteiger partial charge in [-0.1, -0.05) is 6.92 Å². The van der Waals surface area contributed by atoms with E-state index in [9.17, 15) is 23.1 Å². The molecule has 0 saturated carbocycles. The van der Waals surface area contributed by atoms with Crippen LogP contribution in [0.3, 0.4) is 0 Å². The molecule has 4 atom stereocenters. The number of benzene rings is 1. The van der Waals surface area contributed by atoms with Gasteiger partial charge in [-0.05, 0) is 62.6 Å². The molecular weight excluding hydrogens is 473 g/mol. The van der Waals surface area contributed by atoms with Gasteiger partial charge < -0.3 is 20.9 Å². The predicted molar refractivity (Wildman–Crippen MR) is 128 cm³/mol. The fraction of sp³-hybridized carbons (Fsp3) is 0.346. The Morgan fingerprint density at radius 3 is 2.56 bits per heavy atom. The van der Waals surface area contributed by atoms with Crippen LogP contribution in [0.1, 0.15) is 54.4 Å². The van der Waals surface area contributed by atoms with Gasteiger partial charge in [0.1, 0.15) is 34.4 Å². The smallest absolute Gasteiger partial charge is 0.274 e. The van der Waals surface area contributed by atoms with Crippen molar-refractivity contribution in [3.05, 3.63) is 77.0 Å². The van der Waals surface area contributed by atoms with E-state index in [0.717, 1.165) is 24.3 Å². The molecule has 1 saturated heterocycles. The Hall–Kier alpha value is -3.34. The topological polar surface area (TPSA) is 110 Å². The second-order valence-electron chi connectivity index (χ2n) is 9.00. The van der Waals surface area contributed by atoms with Crippen molar-refractivity contribution in [2.45, 2.75) is 57.5 Å². The van der Waals surface area contributed by atoms with E-state index in [4.69, 9.17) is 10.5 Å². The Labute approximate surface area is 206 Å². The number of pyridine rings is 2. The lowest BCUT2D eigenvalue weighted by Crippen LogP contribution is -2.59. The molecule has 1 fully saturated rings. The quantitative estimate of drug-likeness (QED) is 0.478. The van der Waals surface area contributed by atoms with Crippen LogP contribution in [0, 0.1) is 24.4 Å². The molecule has 0 radical (unpaired) electrons. The number of hydrogen-bond donors (Lipinski definition) is 3. The molecule has 1 aromatic carbocycles. The van der Waals surface area contributed by atoms with Crippen molar-refractivity contribution in [2.75, 3.05) is 5.32 Å². The predicted octanol–water partition coefficient (Wildman–Crippen LogP) is 4.44. The summed E-state index contributed by atoms with van der Waals surface area (Å²) in [5.74, 6) is -3.69. The number of nitrogens with one attached hydrogen (secondary N) is 1. The van der Waals surface area contributed by atoms with E-state index in [-0.39, 0.29) is 5.69 Å². The first-order valence-electron chi connectivity index (χ1n) is 11.6. The first-order chi connectivity index (χ1) is 17.0. The molecule has 0 unspecified atom stereocenters. The maximum absolute atomic E-state index is 14.5. The monoisotopic (exact) mass is 500 g/mol. The van der Waals surface area contributed by atoms with Crippen molar-refractivity contribution in [1.82, 2.24) is 9.97 Å². The number of carbonyl (C=O) groups excluding carboxylic acids is 1. The molecule has 3 aromatic rings.